The molecule has 0 atom stereocenters. The number of carbonyl (C=O) groups excluding carboxylic acids is 4. The molecule has 2 heterocycles. The molecule has 2 fully saturated rings. The smallest absolute Gasteiger partial charge is 0.410 e. The molecule has 2 aliphatic rings. The molecule has 0 unspecified atom stereocenters. The van der Waals surface area contributed by atoms with Gasteiger partial charge in [0.05, 0.1) is 0 Å². The summed E-state index contributed by atoms with van der Waals surface area (Å²) in [7, 11) is 0. The van der Waals surface area contributed by atoms with E-state index >= 15 is 0 Å². The van der Waals surface area contributed by atoms with Gasteiger partial charge in [0, 0.05) is 37.2 Å². The standard InChI is InChI=1S/C20H28N2O3.CO2/c1-15-5-7-16(8-6-15)22-14-20(13-17(22)23)9-11-21(12-10-20)18(24)25-19(2,3)4;2-1-3/h5-8H,9-14H2,1-4H3;. The van der Waals surface area contributed by atoms with E-state index in [1.807, 2.05) is 56.9 Å². The number of piperidine rings is 1. The lowest BCUT2D eigenvalue weighted by Crippen LogP contribution is -2.46. The van der Waals surface area contributed by atoms with Gasteiger partial charge in [0.1, 0.15) is 5.60 Å². The summed E-state index contributed by atoms with van der Waals surface area (Å²) in [6.45, 7) is 9.75. The predicted octanol–water partition coefficient (Wildman–Crippen LogP) is 3.17. The van der Waals surface area contributed by atoms with Crippen molar-refractivity contribution in [1.82, 2.24) is 4.90 Å². The lowest BCUT2D eigenvalue weighted by atomic mass is 9.78. The van der Waals surface area contributed by atoms with E-state index in [1.54, 1.807) is 4.90 Å². The van der Waals surface area contributed by atoms with Gasteiger partial charge in [-0.2, -0.15) is 9.59 Å². The van der Waals surface area contributed by atoms with Crippen LogP contribution in [0.2, 0.25) is 0 Å². The molecule has 0 bridgehead atoms. The van der Waals surface area contributed by atoms with Gasteiger partial charge in [-0.25, -0.2) is 4.79 Å². The van der Waals surface area contributed by atoms with Crippen molar-refractivity contribution in [1.29, 1.82) is 0 Å². The fourth-order valence-electron chi connectivity index (χ4n) is 3.68. The second kappa shape index (κ2) is 8.57. The van der Waals surface area contributed by atoms with E-state index in [4.69, 9.17) is 14.3 Å². The summed E-state index contributed by atoms with van der Waals surface area (Å²) in [6, 6.07) is 8.11. The molecule has 0 radical (unpaired) electrons. The number of benzene rings is 1. The van der Waals surface area contributed by atoms with Gasteiger partial charge >= 0.3 is 12.2 Å². The Kier molecular flexibility index (Phi) is 6.62. The first-order valence-electron chi connectivity index (χ1n) is 9.43. The van der Waals surface area contributed by atoms with Crippen LogP contribution in [-0.2, 0) is 19.1 Å². The van der Waals surface area contributed by atoms with Crippen molar-refractivity contribution < 1.29 is 23.9 Å². The molecule has 0 N–H and O–H groups in total. The van der Waals surface area contributed by atoms with E-state index in [0.717, 1.165) is 25.1 Å². The molecule has 3 rings (SSSR count). The van der Waals surface area contributed by atoms with E-state index in [1.165, 1.54) is 5.56 Å². The summed E-state index contributed by atoms with van der Waals surface area (Å²) in [4.78, 5) is 44.7. The maximum Gasteiger partial charge on any atom is 0.410 e. The topological polar surface area (TPSA) is 84.0 Å². The molecule has 7 heteroatoms. The SMILES string of the molecule is Cc1ccc(N2CC3(CCN(C(=O)OC(C)(C)C)CC3)CC2=O)cc1.O=C=O. The number of carbonyl (C=O) groups is 2. The van der Waals surface area contributed by atoms with Gasteiger partial charge in [0.25, 0.3) is 0 Å². The van der Waals surface area contributed by atoms with Gasteiger partial charge in [-0.1, -0.05) is 17.7 Å². The third-order valence-corrected chi connectivity index (χ3v) is 5.14. The van der Waals surface area contributed by atoms with Crippen molar-refractivity contribution in [3.8, 4) is 0 Å². The highest BCUT2D eigenvalue weighted by Crippen LogP contribution is 2.42. The van der Waals surface area contributed by atoms with Crippen molar-refractivity contribution in [3.05, 3.63) is 29.8 Å². The van der Waals surface area contributed by atoms with E-state index in [0.29, 0.717) is 19.5 Å². The highest BCUT2D eigenvalue weighted by atomic mass is 16.6. The largest absolute Gasteiger partial charge is 0.444 e. The lowest BCUT2D eigenvalue weighted by Gasteiger charge is -2.39. The predicted molar refractivity (Wildman–Crippen MR) is 103 cm³/mol. The monoisotopic (exact) mass is 388 g/mol. The lowest BCUT2D eigenvalue weighted by molar-refractivity contribution is -0.191. The summed E-state index contributed by atoms with van der Waals surface area (Å²) in [6.07, 6.45) is 2.27. The van der Waals surface area contributed by atoms with Crippen LogP contribution in [0.1, 0.15) is 45.6 Å². The van der Waals surface area contributed by atoms with Gasteiger partial charge in [-0.15, -0.1) is 0 Å². The number of hydrogen-bond acceptors (Lipinski definition) is 5. The van der Waals surface area contributed by atoms with Crippen LogP contribution in [0.4, 0.5) is 10.5 Å². The Morgan fingerprint density at radius 1 is 1.11 bits per heavy atom. The fraction of sp³-hybridized carbons (Fsp3) is 0.571. The summed E-state index contributed by atoms with van der Waals surface area (Å²) in [5, 5.41) is 0. The number of likely N-dealkylation sites (tertiary alicyclic amines) is 1. The second-order valence-electron chi connectivity index (χ2n) is 8.54. The highest BCUT2D eigenvalue weighted by Gasteiger charge is 2.46. The van der Waals surface area contributed by atoms with Gasteiger partial charge in [-0.05, 0) is 52.7 Å². The number of nitrogens with zero attached hydrogens (tertiary/aromatic N) is 2. The molecule has 2 saturated heterocycles. The average Bonchev–Trinajstić information content (AvgIpc) is 2.91. The van der Waals surface area contributed by atoms with E-state index < -0.39 is 5.60 Å². The van der Waals surface area contributed by atoms with Gasteiger partial charge in [-0.3, -0.25) is 4.79 Å². The Bertz CT molecular complexity index is 737. The molecule has 2 amide bonds. The number of anilines is 1. The number of rotatable bonds is 1. The number of aryl methyl sites for hydroxylation is 1. The molecular weight excluding hydrogens is 360 g/mol. The average molecular weight is 388 g/mol. The van der Waals surface area contributed by atoms with Crippen LogP contribution in [0.15, 0.2) is 24.3 Å². The van der Waals surface area contributed by atoms with Gasteiger partial charge in [0.15, 0.2) is 0 Å². The van der Waals surface area contributed by atoms with Crippen LogP contribution < -0.4 is 4.90 Å². The zero-order valence-electron chi connectivity index (χ0n) is 17.0. The van der Waals surface area contributed by atoms with Crippen LogP contribution in [-0.4, -0.2) is 48.3 Å². The summed E-state index contributed by atoms with van der Waals surface area (Å²) in [5.41, 5.74) is 1.68. The first-order chi connectivity index (χ1) is 13.1. The first kappa shape index (κ1) is 21.6. The Hall–Kier alpha value is -2.66. The van der Waals surface area contributed by atoms with Crippen molar-refractivity contribution in [2.75, 3.05) is 24.5 Å². The van der Waals surface area contributed by atoms with Crippen LogP contribution in [0, 0.1) is 12.3 Å². The third-order valence-electron chi connectivity index (χ3n) is 5.14. The summed E-state index contributed by atoms with van der Waals surface area (Å²) >= 11 is 0. The molecule has 152 valence electrons. The number of hydrogen-bond donors (Lipinski definition) is 0. The molecule has 28 heavy (non-hydrogen) atoms. The fourth-order valence-corrected chi connectivity index (χ4v) is 3.68. The van der Waals surface area contributed by atoms with Crippen LogP contribution in [0.5, 0.6) is 0 Å². The highest BCUT2D eigenvalue weighted by molar-refractivity contribution is 5.96. The Morgan fingerprint density at radius 2 is 1.64 bits per heavy atom. The van der Waals surface area contributed by atoms with Gasteiger partial charge < -0.3 is 14.5 Å². The minimum Gasteiger partial charge on any atom is -0.444 e. The van der Waals surface area contributed by atoms with Crippen LogP contribution >= 0.6 is 0 Å². The number of ether oxygens (including phenoxy) is 1. The van der Waals surface area contributed by atoms with E-state index in [-0.39, 0.29) is 23.6 Å². The van der Waals surface area contributed by atoms with Crippen LogP contribution in [0.25, 0.3) is 0 Å². The molecule has 7 nitrogen and oxygen atoms in total. The van der Waals surface area contributed by atoms with E-state index in [9.17, 15) is 9.59 Å². The Morgan fingerprint density at radius 3 is 2.14 bits per heavy atom. The Labute approximate surface area is 165 Å². The second-order valence-corrected chi connectivity index (χ2v) is 8.54. The third kappa shape index (κ3) is 5.42. The molecule has 0 saturated carbocycles. The molecule has 0 aliphatic carbocycles. The molecular formula is C21H28N2O5. The zero-order chi connectivity index (χ0) is 20.9. The quantitative estimate of drug-likeness (QED) is 0.738. The maximum atomic E-state index is 12.6. The van der Waals surface area contributed by atoms with Crippen molar-refractivity contribution in [3.63, 3.8) is 0 Å². The zero-order valence-corrected chi connectivity index (χ0v) is 17.0. The van der Waals surface area contributed by atoms with Crippen molar-refractivity contribution >= 4 is 23.8 Å². The summed E-state index contributed by atoms with van der Waals surface area (Å²) in [5.74, 6) is 0.189. The molecule has 2 aliphatic heterocycles. The van der Waals surface area contributed by atoms with Crippen molar-refractivity contribution in [2.45, 2.75) is 52.6 Å². The minimum atomic E-state index is -0.474. The maximum absolute atomic E-state index is 12.6. The molecule has 1 aromatic carbocycles. The molecule has 1 aromatic rings. The molecule has 0 aromatic heterocycles. The molecule has 1 spiro atoms. The van der Waals surface area contributed by atoms with Crippen molar-refractivity contribution in [2.24, 2.45) is 5.41 Å². The summed E-state index contributed by atoms with van der Waals surface area (Å²) < 4.78 is 5.46. The minimum absolute atomic E-state index is 0.0134. The Balaban J connectivity index is 0.000000878. The van der Waals surface area contributed by atoms with Crippen LogP contribution in [0.3, 0.4) is 0 Å². The normalized spacial score (nSPS) is 18.4. The van der Waals surface area contributed by atoms with E-state index in [2.05, 4.69) is 0 Å². The first-order valence-corrected chi connectivity index (χ1v) is 9.43. The number of amides is 2. The van der Waals surface area contributed by atoms with Gasteiger partial charge in [0.2, 0.25) is 5.91 Å².